The molecule has 19 heavy (non-hydrogen) atoms. The Labute approximate surface area is 113 Å². The minimum absolute atomic E-state index is 0.240. The van der Waals surface area contributed by atoms with Crippen LogP contribution < -0.4 is 0 Å². The van der Waals surface area contributed by atoms with Gasteiger partial charge in [-0.3, -0.25) is 4.90 Å². The van der Waals surface area contributed by atoms with Crippen molar-refractivity contribution in [3.63, 3.8) is 0 Å². The summed E-state index contributed by atoms with van der Waals surface area (Å²) < 4.78 is 0. The molecule has 1 atom stereocenters. The van der Waals surface area contributed by atoms with Crippen LogP contribution in [-0.2, 0) is 11.3 Å². The van der Waals surface area contributed by atoms with E-state index < -0.39 is 5.97 Å². The van der Waals surface area contributed by atoms with Crippen molar-refractivity contribution in [2.45, 2.75) is 25.5 Å². The lowest BCUT2D eigenvalue weighted by molar-refractivity contribution is -0.131. The summed E-state index contributed by atoms with van der Waals surface area (Å²) in [6.45, 7) is 2.42. The Kier molecular flexibility index (Phi) is 4.71. The van der Waals surface area contributed by atoms with Crippen LogP contribution in [0.15, 0.2) is 30.3 Å². The molecule has 0 bridgehead atoms. The van der Waals surface area contributed by atoms with E-state index in [2.05, 4.69) is 4.90 Å². The Morgan fingerprint density at radius 3 is 2.95 bits per heavy atom. The summed E-state index contributed by atoms with van der Waals surface area (Å²) in [6.07, 6.45) is 4.42. The molecule has 1 aliphatic rings. The number of β-amino-alcohol motifs (C(OH)–C–C–N with tert-alkyl or cyclic N) is 1. The summed E-state index contributed by atoms with van der Waals surface area (Å²) in [5, 5.41) is 18.4. The monoisotopic (exact) mass is 261 g/mol. The second-order valence-electron chi connectivity index (χ2n) is 4.90. The number of rotatable bonds is 4. The van der Waals surface area contributed by atoms with E-state index >= 15 is 0 Å². The Morgan fingerprint density at radius 1 is 1.42 bits per heavy atom. The summed E-state index contributed by atoms with van der Waals surface area (Å²) in [6, 6.07) is 7.77. The molecule has 102 valence electrons. The van der Waals surface area contributed by atoms with Crippen LogP contribution in [0.1, 0.15) is 24.0 Å². The molecule has 0 saturated carbocycles. The van der Waals surface area contributed by atoms with Crippen LogP contribution in [0.3, 0.4) is 0 Å². The summed E-state index contributed by atoms with van der Waals surface area (Å²) in [5.74, 6) is -0.941. The largest absolute Gasteiger partial charge is 0.478 e. The lowest BCUT2D eigenvalue weighted by atomic mass is 10.0. The zero-order valence-corrected chi connectivity index (χ0v) is 10.8. The third-order valence-corrected chi connectivity index (χ3v) is 3.34. The molecular formula is C15H19NO3. The molecule has 0 radical (unpaired) electrons. The van der Waals surface area contributed by atoms with Crippen molar-refractivity contribution in [1.82, 2.24) is 4.90 Å². The van der Waals surface area contributed by atoms with E-state index in [0.717, 1.165) is 43.1 Å². The Hall–Kier alpha value is -1.65. The van der Waals surface area contributed by atoms with E-state index in [1.165, 1.54) is 0 Å². The third kappa shape index (κ3) is 4.19. The van der Waals surface area contributed by atoms with Crippen molar-refractivity contribution >= 4 is 12.0 Å². The smallest absolute Gasteiger partial charge is 0.328 e. The van der Waals surface area contributed by atoms with Crippen molar-refractivity contribution in [3.8, 4) is 0 Å². The number of likely N-dealkylation sites (tertiary alicyclic amines) is 1. The first-order valence-electron chi connectivity index (χ1n) is 6.54. The van der Waals surface area contributed by atoms with Gasteiger partial charge in [0, 0.05) is 19.2 Å². The van der Waals surface area contributed by atoms with E-state index in [1.54, 1.807) is 6.08 Å². The van der Waals surface area contributed by atoms with Crippen molar-refractivity contribution in [2.75, 3.05) is 13.1 Å². The van der Waals surface area contributed by atoms with Gasteiger partial charge in [-0.2, -0.15) is 0 Å². The standard InChI is InChI=1S/C15H19NO3/c17-14-6-3-9-16(11-14)10-13-5-2-1-4-12(13)7-8-15(18)19/h1-2,4-5,7-8,14,17H,3,6,9-11H2,(H,18,19). The SMILES string of the molecule is O=C(O)C=Cc1ccccc1CN1CCCC(O)C1. The van der Waals surface area contributed by atoms with Crippen molar-refractivity contribution < 1.29 is 15.0 Å². The first-order valence-corrected chi connectivity index (χ1v) is 6.54. The molecule has 1 heterocycles. The molecule has 4 heteroatoms. The fourth-order valence-corrected chi connectivity index (χ4v) is 2.42. The van der Waals surface area contributed by atoms with Gasteiger partial charge in [-0.25, -0.2) is 4.79 Å². The summed E-state index contributed by atoms with van der Waals surface area (Å²) in [4.78, 5) is 12.8. The van der Waals surface area contributed by atoms with Gasteiger partial charge in [0.05, 0.1) is 6.10 Å². The first kappa shape index (κ1) is 13.8. The van der Waals surface area contributed by atoms with E-state index in [0.29, 0.717) is 6.54 Å². The highest BCUT2D eigenvalue weighted by Crippen LogP contribution is 2.17. The molecule has 1 saturated heterocycles. The van der Waals surface area contributed by atoms with Gasteiger partial charge in [-0.1, -0.05) is 24.3 Å². The van der Waals surface area contributed by atoms with Crippen LogP contribution in [0.25, 0.3) is 6.08 Å². The Balaban J connectivity index is 2.09. The number of carboxylic acids is 1. The number of aliphatic carboxylic acids is 1. The minimum atomic E-state index is -0.941. The van der Waals surface area contributed by atoms with Crippen LogP contribution in [0.2, 0.25) is 0 Å². The molecule has 1 unspecified atom stereocenters. The number of carboxylic acid groups (broad SMARTS) is 1. The average molecular weight is 261 g/mol. The Morgan fingerprint density at radius 2 is 2.21 bits per heavy atom. The van der Waals surface area contributed by atoms with Gasteiger partial charge in [0.15, 0.2) is 0 Å². The highest BCUT2D eigenvalue weighted by molar-refractivity contribution is 5.85. The third-order valence-electron chi connectivity index (χ3n) is 3.34. The quantitative estimate of drug-likeness (QED) is 0.810. The zero-order chi connectivity index (χ0) is 13.7. The molecule has 4 nitrogen and oxygen atoms in total. The molecule has 1 fully saturated rings. The maximum atomic E-state index is 10.6. The molecule has 2 rings (SSSR count). The molecule has 1 aliphatic heterocycles. The van der Waals surface area contributed by atoms with Crippen LogP contribution in [0.4, 0.5) is 0 Å². The average Bonchev–Trinajstić information content (AvgIpc) is 2.38. The molecule has 0 amide bonds. The fourth-order valence-electron chi connectivity index (χ4n) is 2.42. The lowest BCUT2D eigenvalue weighted by Gasteiger charge is -2.30. The topological polar surface area (TPSA) is 60.8 Å². The van der Waals surface area contributed by atoms with E-state index in [-0.39, 0.29) is 6.10 Å². The number of aliphatic hydroxyl groups is 1. The van der Waals surface area contributed by atoms with Crippen molar-refractivity contribution in [3.05, 3.63) is 41.5 Å². The Bertz CT molecular complexity index is 470. The highest BCUT2D eigenvalue weighted by Gasteiger charge is 2.18. The van der Waals surface area contributed by atoms with E-state index in [4.69, 9.17) is 5.11 Å². The maximum Gasteiger partial charge on any atom is 0.328 e. The second kappa shape index (κ2) is 6.50. The summed E-state index contributed by atoms with van der Waals surface area (Å²) in [5.41, 5.74) is 2.01. The van der Waals surface area contributed by atoms with Gasteiger partial charge in [0.25, 0.3) is 0 Å². The number of benzene rings is 1. The normalized spacial score (nSPS) is 20.8. The molecule has 1 aromatic carbocycles. The van der Waals surface area contributed by atoms with Gasteiger partial charge in [-0.15, -0.1) is 0 Å². The van der Waals surface area contributed by atoms with Crippen LogP contribution >= 0.6 is 0 Å². The molecule has 0 aliphatic carbocycles. The number of piperidine rings is 1. The van der Waals surface area contributed by atoms with Gasteiger partial charge in [0.1, 0.15) is 0 Å². The van der Waals surface area contributed by atoms with E-state index in [9.17, 15) is 9.90 Å². The van der Waals surface area contributed by atoms with Crippen LogP contribution in [-0.4, -0.2) is 40.3 Å². The van der Waals surface area contributed by atoms with Crippen LogP contribution in [0.5, 0.6) is 0 Å². The van der Waals surface area contributed by atoms with Gasteiger partial charge in [-0.05, 0) is 36.6 Å². The summed E-state index contributed by atoms with van der Waals surface area (Å²) >= 11 is 0. The number of hydrogen-bond acceptors (Lipinski definition) is 3. The molecule has 0 aromatic heterocycles. The number of nitrogens with zero attached hydrogens (tertiary/aromatic N) is 1. The zero-order valence-electron chi connectivity index (χ0n) is 10.8. The molecule has 2 N–H and O–H groups in total. The predicted octanol–water partition coefficient (Wildman–Crippen LogP) is 1.74. The lowest BCUT2D eigenvalue weighted by Crippen LogP contribution is -2.37. The maximum absolute atomic E-state index is 10.6. The second-order valence-corrected chi connectivity index (χ2v) is 4.90. The van der Waals surface area contributed by atoms with Crippen LogP contribution in [0, 0.1) is 0 Å². The van der Waals surface area contributed by atoms with Crippen molar-refractivity contribution in [1.29, 1.82) is 0 Å². The van der Waals surface area contributed by atoms with E-state index in [1.807, 2.05) is 24.3 Å². The van der Waals surface area contributed by atoms with Crippen molar-refractivity contribution in [2.24, 2.45) is 0 Å². The number of hydrogen-bond donors (Lipinski definition) is 2. The molecule has 1 aromatic rings. The van der Waals surface area contributed by atoms with Gasteiger partial charge < -0.3 is 10.2 Å². The van der Waals surface area contributed by atoms with Gasteiger partial charge >= 0.3 is 5.97 Å². The highest BCUT2D eigenvalue weighted by atomic mass is 16.4. The predicted molar refractivity (Wildman–Crippen MR) is 73.6 cm³/mol. The van der Waals surface area contributed by atoms with Gasteiger partial charge in [0.2, 0.25) is 0 Å². The fraction of sp³-hybridized carbons (Fsp3) is 0.400. The minimum Gasteiger partial charge on any atom is -0.478 e. The number of aliphatic hydroxyl groups excluding tert-OH is 1. The molecular weight excluding hydrogens is 242 g/mol. The molecule has 0 spiro atoms. The summed E-state index contributed by atoms with van der Waals surface area (Å²) in [7, 11) is 0. The number of carbonyl (C=O) groups is 1. The first-order chi connectivity index (χ1) is 9.15.